The molecule has 0 spiro atoms. The normalized spacial score (nSPS) is 19.3. The van der Waals surface area contributed by atoms with E-state index in [1.807, 2.05) is 26.0 Å². The summed E-state index contributed by atoms with van der Waals surface area (Å²) < 4.78 is 6.37. The summed E-state index contributed by atoms with van der Waals surface area (Å²) >= 11 is 1.41. The molecule has 0 aromatic heterocycles. The molecular formula is C31H32OS. The zero-order valence-electron chi connectivity index (χ0n) is 20.0. The second-order valence-electron chi connectivity index (χ2n) is 7.94. The predicted octanol–water partition coefficient (Wildman–Crippen LogP) is 9.44. The van der Waals surface area contributed by atoms with Crippen LogP contribution < -0.4 is 4.18 Å². The first-order chi connectivity index (χ1) is 16.0. The molecule has 0 saturated heterocycles. The number of allylic oxidation sites excluding steroid dienone is 9. The van der Waals surface area contributed by atoms with Crippen LogP contribution in [0.4, 0.5) is 0 Å². The van der Waals surface area contributed by atoms with Crippen LogP contribution in [0.2, 0.25) is 0 Å². The molecule has 0 bridgehead atoms. The maximum absolute atomic E-state index is 6.37. The van der Waals surface area contributed by atoms with Gasteiger partial charge in [-0.1, -0.05) is 97.7 Å². The van der Waals surface area contributed by atoms with Crippen LogP contribution in [-0.2, 0) is 0 Å². The average Bonchev–Trinajstić information content (AvgIpc) is 3.00. The number of benzene rings is 2. The van der Waals surface area contributed by atoms with Crippen molar-refractivity contribution in [1.82, 2.24) is 0 Å². The molecule has 2 aromatic rings. The van der Waals surface area contributed by atoms with E-state index in [1.165, 1.54) is 28.8 Å². The van der Waals surface area contributed by atoms with Crippen molar-refractivity contribution < 1.29 is 4.18 Å². The largest absolute Gasteiger partial charge is 0.420 e. The molecule has 0 radical (unpaired) electrons. The van der Waals surface area contributed by atoms with Gasteiger partial charge >= 0.3 is 0 Å². The highest BCUT2D eigenvalue weighted by Crippen LogP contribution is 2.51. The summed E-state index contributed by atoms with van der Waals surface area (Å²) in [6.45, 7) is 16.6. The molecule has 1 unspecified atom stereocenters. The van der Waals surface area contributed by atoms with Crippen molar-refractivity contribution in [3.05, 3.63) is 136 Å². The molecule has 0 saturated carbocycles. The highest BCUT2D eigenvalue weighted by atomic mass is 32.2. The molecule has 1 atom stereocenters. The van der Waals surface area contributed by atoms with E-state index in [0.29, 0.717) is 0 Å². The van der Waals surface area contributed by atoms with Crippen molar-refractivity contribution in [3.63, 3.8) is 0 Å². The Morgan fingerprint density at radius 1 is 1.00 bits per heavy atom. The molecule has 0 aliphatic carbocycles. The Hall–Kier alpha value is -3.23. The third kappa shape index (κ3) is 5.40. The standard InChI is InChI=1S/C31H32OS/c1-7-14-22(5)18-21-28-29(23(6)9-3)30(25-16-12-11-13-17-25)31-26(10-4)24(15-8-2)19-20-27(31)32-33-28/h7-21,30H,3-4H2,1-2,5-6H3/b14-7-,15-8-,22-18+,28-21+,29-23-. The molecular weight excluding hydrogens is 420 g/mol. The third-order valence-electron chi connectivity index (χ3n) is 5.69. The van der Waals surface area contributed by atoms with Crippen LogP contribution in [0.25, 0.3) is 12.2 Å². The molecule has 33 heavy (non-hydrogen) atoms. The van der Waals surface area contributed by atoms with Crippen molar-refractivity contribution in [1.29, 1.82) is 0 Å². The van der Waals surface area contributed by atoms with Crippen LogP contribution in [0.15, 0.2) is 114 Å². The smallest absolute Gasteiger partial charge is 0.142 e. The Morgan fingerprint density at radius 2 is 1.76 bits per heavy atom. The lowest BCUT2D eigenvalue weighted by Gasteiger charge is -2.24. The molecule has 3 rings (SSSR count). The first-order valence-electron chi connectivity index (χ1n) is 11.2. The fraction of sp³-hybridized carbons (Fsp3) is 0.161. The number of fused-ring (bicyclic) bond motifs is 1. The van der Waals surface area contributed by atoms with E-state index in [1.54, 1.807) is 0 Å². The van der Waals surface area contributed by atoms with Gasteiger partial charge < -0.3 is 4.18 Å². The summed E-state index contributed by atoms with van der Waals surface area (Å²) in [6, 6.07) is 14.8. The van der Waals surface area contributed by atoms with E-state index in [9.17, 15) is 0 Å². The summed E-state index contributed by atoms with van der Waals surface area (Å²) in [7, 11) is 0. The minimum absolute atomic E-state index is 0.0194. The van der Waals surface area contributed by atoms with Crippen molar-refractivity contribution in [2.24, 2.45) is 0 Å². The average molecular weight is 453 g/mol. The second-order valence-corrected chi connectivity index (χ2v) is 8.71. The molecule has 1 aliphatic heterocycles. The lowest BCUT2D eigenvalue weighted by molar-refractivity contribution is 0.641. The van der Waals surface area contributed by atoms with Gasteiger partial charge in [0.25, 0.3) is 0 Å². The van der Waals surface area contributed by atoms with E-state index in [0.717, 1.165) is 32.9 Å². The summed E-state index contributed by atoms with van der Waals surface area (Å²) in [6.07, 6.45) is 16.5. The van der Waals surface area contributed by atoms with E-state index in [2.05, 4.69) is 106 Å². The fourth-order valence-electron chi connectivity index (χ4n) is 4.13. The molecule has 2 heteroatoms. The Bertz CT molecular complexity index is 1170. The minimum atomic E-state index is -0.0194. The van der Waals surface area contributed by atoms with Gasteiger partial charge in [0.05, 0.1) is 16.9 Å². The Morgan fingerprint density at radius 3 is 2.39 bits per heavy atom. The molecule has 1 nitrogen and oxygen atoms in total. The quantitative estimate of drug-likeness (QED) is 0.319. The first kappa shape index (κ1) is 24.4. The highest BCUT2D eigenvalue weighted by molar-refractivity contribution is 7.99. The van der Waals surface area contributed by atoms with Crippen molar-refractivity contribution in [2.75, 3.05) is 0 Å². The van der Waals surface area contributed by atoms with E-state index < -0.39 is 0 Å². The molecule has 0 amide bonds. The second kappa shape index (κ2) is 11.6. The summed E-state index contributed by atoms with van der Waals surface area (Å²) in [5.41, 5.74) is 8.08. The van der Waals surface area contributed by atoms with Gasteiger partial charge in [-0.3, -0.25) is 0 Å². The van der Waals surface area contributed by atoms with Gasteiger partial charge in [0.2, 0.25) is 0 Å². The summed E-state index contributed by atoms with van der Waals surface area (Å²) in [4.78, 5) is 1.07. The van der Waals surface area contributed by atoms with Gasteiger partial charge in [0, 0.05) is 11.5 Å². The van der Waals surface area contributed by atoms with Crippen molar-refractivity contribution in [2.45, 2.75) is 33.6 Å². The zero-order valence-corrected chi connectivity index (χ0v) is 20.8. The number of rotatable bonds is 6. The topological polar surface area (TPSA) is 9.23 Å². The fourth-order valence-corrected chi connectivity index (χ4v) is 4.95. The van der Waals surface area contributed by atoms with Crippen molar-refractivity contribution >= 4 is 24.2 Å². The van der Waals surface area contributed by atoms with Crippen LogP contribution in [0.1, 0.15) is 55.9 Å². The Labute approximate surface area is 203 Å². The van der Waals surface area contributed by atoms with E-state index in [-0.39, 0.29) is 5.92 Å². The number of hydrogen-bond donors (Lipinski definition) is 0. The maximum Gasteiger partial charge on any atom is 0.142 e. The van der Waals surface area contributed by atoms with E-state index >= 15 is 0 Å². The first-order valence-corrected chi connectivity index (χ1v) is 12.0. The molecule has 168 valence electrons. The van der Waals surface area contributed by atoms with Crippen LogP contribution >= 0.6 is 12.0 Å². The van der Waals surface area contributed by atoms with E-state index in [4.69, 9.17) is 4.18 Å². The van der Waals surface area contributed by atoms with Gasteiger partial charge in [-0.05, 0) is 67.7 Å². The summed E-state index contributed by atoms with van der Waals surface area (Å²) in [5.74, 6) is 0.845. The zero-order chi connectivity index (χ0) is 23.8. The van der Waals surface area contributed by atoms with Crippen LogP contribution in [0.5, 0.6) is 5.75 Å². The van der Waals surface area contributed by atoms with Crippen LogP contribution in [-0.4, -0.2) is 0 Å². The Balaban J connectivity index is 2.40. The molecule has 1 aliphatic rings. The Kier molecular flexibility index (Phi) is 8.57. The lowest BCUT2D eigenvalue weighted by atomic mass is 9.78. The SMILES string of the molecule is C=C/C(C)=C1/C(=C\C=C(C)\C=C/C)SOc2ccc(/C=C\C)c(C=C)c2C1c1ccccc1. The molecule has 2 aromatic carbocycles. The maximum atomic E-state index is 6.37. The van der Waals surface area contributed by atoms with Crippen molar-refractivity contribution in [3.8, 4) is 5.75 Å². The van der Waals surface area contributed by atoms with Gasteiger partial charge in [-0.25, -0.2) is 0 Å². The van der Waals surface area contributed by atoms with Crippen LogP contribution in [0.3, 0.4) is 0 Å². The lowest BCUT2D eigenvalue weighted by Crippen LogP contribution is -2.09. The van der Waals surface area contributed by atoms with Gasteiger partial charge in [-0.2, -0.15) is 0 Å². The monoisotopic (exact) mass is 452 g/mol. The summed E-state index contributed by atoms with van der Waals surface area (Å²) in [5, 5.41) is 0. The molecule has 1 heterocycles. The minimum Gasteiger partial charge on any atom is -0.420 e. The van der Waals surface area contributed by atoms with Gasteiger partial charge in [-0.15, -0.1) is 0 Å². The van der Waals surface area contributed by atoms with Crippen LogP contribution in [0, 0.1) is 0 Å². The van der Waals surface area contributed by atoms with Gasteiger partial charge in [0.15, 0.2) is 0 Å². The predicted molar refractivity (Wildman–Crippen MR) is 147 cm³/mol. The van der Waals surface area contributed by atoms with Gasteiger partial charge in [0.1, 0.15) is 5.75 Å². The highest BCUT2D eigenvalue weighted by Gasteiger charge is 2.32. The molecule has 0 fully saturated rings. The number of hydrogen-bond acceptors (Lipinski definition) is 2. The third-order valence-corrected chi connectivity index (χ3v) is 6.48. The molecule has 0 N–H and O–H groups in total.